The van der Waals surface area contributed by atoms with Gasteiger partial charge in [0.15, 0.2) is 0 Å². The van der Waals surface area contributed by atoms with Crippen LogP contribution in [0.4, 0.5) is 0 Å². The molecule has 0 bridgehead atoms. The van der Waals surface area contributed by atoms with Crippen molar-refractivity contribution in [2.24, 2.45) is 0 Å². The van der Waals surface area contributed by atoms with Gasteiger partial charge < -0.3 is 0 Å². The molecule has 0 radical (unpaired) electrons. The molecule has 1 atom stereocenters. The second-order valence-electron chi connectivity index (χ2n) is 2.91. The average molecular weight is 120 g/mol. The molecular weight excluding hydrogens is 112 g/mol. The molecule has 1 aromatic heterocycles. The largest absolute Gasteiger partial charge is 0.258 e. The van der Waals surface area contributed by atoms with E-state index in [9.17, 15) is 0 Å². The van der Waals surface area contributed by atoms with Crippen molar-refractivity contribution in [2.75, 3.05) is 0 Å². The molecule has 0 N–H and O–H groups in total. The summed E-state index contributed by atoms with van der Waals surface area (Å²) >= 11 is 0. The Labute approximate surface area is 53.5 Å². The van der Waals surface area contributed by atoms with Crippen LogP contribution in [0.2, 0.25) is 0 Å². The van der Waals surface area contributed by atoms with Crippen molar-refractivity contribution in [2.45, 2.75) is 25.3 Å². The summed E-state index contributed by atoms with van der Waals surface area (Å²) in [6.07, 6.45) is 6.00. The molecular formula is C7H8N2. The highest BCUT2D eigenvalue weighted by molar-refractivity contribution is 5.34. The van der Waals surface area contributed by atoms with Gasteiger partial charge in [-0.2, -0.15) is 5.10 Å². The first kappa shape index (κ1) is 4.09. The Morgan fingerprint density at radius 1 is 1.67 bits per heavy atom. The summed E-state index contributed by atoms with van der Waals surface area (Å²) in [7, 11) is 0. The summed E-state index contributed by atoms with van der Waals surface area (Å²) in [5, 5.41) is 4.23. The van der Waals surface area contributed by atoms with Gasteiger partial charge in [0.25, 0.3) is 0 Å². The summed E-state index contributed by atoms with van der Waals surface area (Å²) in [6.45, 7) is 0. The van der Waals surface area contributed by atoms with Gasteiger partial charge >= 0.3 is 0 Å². The third kappa shape index (κ3) is 0.334. The molecule has 2 heteroatoms. The molecule has 9 heavy (non-hydrogen) atoms. The molecule has 1 aliphatic carbocycles. The van der Waals surface area contributed by atoms with Crippen LogP contribution < -0.4 is 0 Å². The first-order chi connectivity index (χ1) is 4.47. The number of fused-ring (bicyclic) bond motifs is 1. The Bertz CT molecular complexity index is 262. The molecule has 2 nitrogen and oxygen atoms in total. The first-order valence-corrected chi connectivity index (χ1v) is 3.53. The van der Waals surface area contributed by atoms with Crippen molar-refractivity contribution in [3.05, 3.63) is 17.5 Å². The van der Waals surface area contributed by atoms with Gasteiger partial charge in [0, 0.05) is 0 Å². The molecule has 0 fully saturated rings. The van der Waals surface area contributed by atoms with Gasteiger partial charge in [-0.15, -0.1) is 0 Å². The minimum absolute atomic E-state index is 0.749. The zero-order chi connectivity index (χ0) is 5.84. The van der Waals surface area contributed by atoms with Crippen molar-refractivity contribution in [1.29, 1.82) is 0 Å². The van der Waals surface area contributed by atoms with Gasteiger partial charge in [-0.25, -0.2) is 0 Å². The number of aromatic nitrogens is 2. The second-order valence-corrected chi connectivity index (χ2v) is 2.91. The van der Waals surface area contributed by atoms with Gasteiger partial charge in [-0.1, -0.05) is 0 Å². The number of hydrogen-bond donors (Lipinski definition) is 0. The number of nitrogens with zero attached hydrogens (tertiary/aromatic N) is 2. The van der Waals surface area contributed by atoms with E-state index < -0.39 is 0 Å². The maximum Gasteiger partial charge on any atom is 0.0943 e. The Kier molecular flexibility index (Phi) is 0.481. The molecule has 0 saturated heterocycles. The highest BCUT2D eigenvalue weighted by atomic mass is 15.4. The van der Waals surface area contributed by atoms with Crippen LogP contribution in [0.3, 0.4) is 0 Å². The van der Waals surface area contributed by atoms with E-state index in [-0.39, 0.29) is 0 Å². The summed E-state index contributed by atoms with van der Waals surface area (Å²) in [4.78, 5) is 0. The van der Waals surface area contributed by atoms with Gasteiger partial charge in [0.1, 0.15) is 0 Å². The van der Waals surface area contributed by atoms with E-state index in [4.69, 9.17) is 0 Å². The smallest absolute Gasteiger partial charge is 0.0943 e. The molecule has 46 valence electrons. The van der Waals surface area contributed by atoms with E-state index in [1.54, 1.807) is 0 Å². The fraction of sp³-hybridized carbons (Fsp3) is 0.571. The van der Waals surface area contributed by atoms with Crippen LogP contribution >= 0.6 is 0 Å². The fourth-order valence-corrected chi connectivity index (χ4v) is 1.87. The van der Waals surface area contributed by atoms with Crippen LogP contribution in [-0.2, 0) is 6.42 Å². The predicted octanol–water partition coefficient (Wildman–Crippen LogP) is 1.12. The zero-order valence-electron chi connectivity index (χ0n) is 5.17. The normalized spacial score (nSPS) is 27.8. The first-order valence-electron chi connectivity index (χ1n) is 3.53. The SMILES string of the molecule is c1nn2c3c1CCCC32. The lowest BCUT2D eigenvalue weighted by atomic mass is 10.0. The van der Waals surface area contributed by atoms with Crippen LogP contribution in [0.5, 0.6) is 0 Å². The lowest BCUT2D eigenvalue weighted by Crippen LogP contribution is -1.96. The van der Waals surface area contributed by atoms with E-state index in [2.05, 4.69) is 9.78 Å². The maximum atomic E-state index is 4.23. The van der Waals surface area contributed by atoms with E-state index in [1.165, 1.54) is 30.5 Å². The van der Waals surface area contributed by atoms with Crippen molar-refractivity contribution in [3.8, 4) is 0 Å². The average Bonchev–Trinajstić information content (AvgIpc) is 2.35. The second kappa shape index (κ2) is 1.06. The third-order valence-corrected chi connectivity index (χ3v) is 2.38. The maximum absolute atomic E-state index is 4.23. The molecule has 0 saturated carbocycles. The Morgan fingerprint density at radius 3 is 3.44 bits per heavy atom. The van der Waals surface area contributed by atoms with Gasteiger partial charge in [-0.05, 0) is 24.8 Å². The van der Waals surface area contributed by atoms with Crippen molar-refractivity contribution in [1.82, 2.24) is 9.78 Å². The molecule has 1 unspecified atom stereocenters. The predicted molar refractivity (Wildman–Crippen MR) is 33.3 cm³/mol. The van der Waals surface area contributed by atoms with Crippen molar-refractivity contribution >= 4 is 0 Å². The van der Waals surface area contributed by atoms with Crippen LogP contribution in [0, 0.1) is 0 Å². The lowest BCUT2D eigenvalue weighted by molar-refractivity contribution is 0.603. The van der Waals surface area contributed by atoms with Crippen molar-refractivity contribution < 1.29 is 0 Å². The molecule has 2 heterocycles. The molecule has 0 aromatic carbocycles. The highest BCUT2D eigenvalue weighted by Gasteiger charge is 2.38. The van der Waals surface area contributed by atoms with Crippen LogP contribution in [0.25, 0.3) is 0 Å². The molecule has 1 aliphatic heterocycles. The van der Waals surface area contributed by atoms with Crippen molar-refractivity contribution in [3.63, 3.8) is 0 Å². The van der Waals surface area contributed by atoms with E-state index in [0.29, 0.717) is 0 Å². The van der Waals surface area contributed by atoms with E-state index >= 15 is 0 Å². The number of aryl methyl sites for hydroxylation is 1. The van der Waals surface area contributed by atoms with Gasteiger partial charge in [0.2, 0.25) is 0 Å². The Hall–Kier alpha value is -0.790. The summed E-state index contributed by atoms with van der Waals surface area (Å²) in [5.74, 6) is 0. The van der Waals surface area contributed by atoms with E-state index in [1.807, 2.05) is 6.20 Å². The third-order valence-electron chi connectivity index (χ3n) is 2.38. The minimum Gasteiger partial charge on any atom is -0.258 e. The van der Waals surface area contributed by atoms with Crippen LogP contribution in [0.1, 0.15) is 30.1 Å². The van der Waals surface area contributed by atoms with Gasteiger partial charge in [-0.3, -0.25) is 4.68 Å². The quantitative estimate of drug-likeness (QED) is 0.501. The molecule has 3 rings (SSSR count). The molecule has 0 spiro atoms. The van der Waals surface area contributed by atoms with Gasteiger partial charge in [0.05, 0.1) is 17.9 Å². The topological polar surface area (TPSA) is 17.8 Å². The van der Waals surface area contributed by atoms with Crippen LogP contribution in [-0.4, -0.2) is 9.78 Å². The van der Waals surface area contributed by atoms with E-state index in [0.717, 1.165) is 6.04 Å². The Morgan fingerprint density at radius 2 is 2.67 bits per heavy atom. The molecule has 0 amide bonds. The highest BCUT2D eigenvalue weighted by Crippen LogP contribution is 2.44. The standard InChI is InChI=1S/C7H8N2/c1-2-5-4-8-9-6(3-1)7(5)9/h4,6H,1-3H2. The zero-order valence-corrected chi connectivity index (χ0v) is 5.17. The lowest BCUT2D eigenvalue weighted by Gasteiger charge is -2.03. The Balaban J connectivity index is 2.27. The summed E-state index contributed by atoms with van der Waals surface area (Å²) in [5.41, 5.74) is 3.03. The fourth-order valence-electron chi connectivity index (χ4n) is 1.87. The summed E-state index contributed by atoms with van der Waals surface area (Å²) < 4.78 is 2.16. The monoisotopic (exact) mass is 120 g/mol. The number of hydrogen-bond acceptors (Lipinski definition) is 1. The molecule has 1 aromatic rings. The van der Waals surface area contributed by atoms with Crippen LogP contribution in [0.15, 0.2) is 6.20 Å². The summed E-state index contributed by atoms with van der Waals surface area (Å²) in [6, 6.07) is 0.749. The number of rotatable bonds is 0. The minimum atomic E-state index is 0.749. The molecule has 2 aliphatic rings.